The number of hydrogen-bond acceptors (Lipinski definition) is 2. The number of rotatable bonds is 7. The summed E-state index contributed by atoms with van der Waals surface area (Å²) in [5.74, 6) is 0. The second-order valence-electron chi connectivity index (χ2n) is 4.63. The van der Waals surface area contributed by atoms with Crippen LogP contribution in [0, 0.1) is 0 Å². The van der Waals surface area contributed by atoms with Crippen LogP contribution >= 0.6 is 0 Å². The van der Waals surface area contributed by atoms with Crippen molar-refractivity contribution in [2.75, 3.05) is 20.2 Å². The minimum Gasteiger partial charge on any atom is -0.468 e. The van der Waals surface area contributed by atoms with Crippen LogP contribution in [0.3, 0.4) is 0 Å². The quantitative estimate of drug-likeness (QED) is 0.543. The summed E-state index contributed by atoms with van der Waals surface area (Å²) in [4.78, 5) is 6.85. The Bertz CT molecular complexity index is 354. The lowest BCUT2D eigenvalue weighted by molar-refractivity contribution is 0.276. The van der Waals surface area contributed by atoms with Crippen molar-refractivity contribution in [2.45, 2.75) is 39.5 Å². The third kappa shape index (κ3) is 5.77. The van der Waals surface area contributed by atoms with Crippen molar-refractivity contribution in [3.05, 3.63) is 30.3 Å². The van der Waals surface area contributed by atoms with E-state index in [2.05, 4.69) is 23.7 Å². The molecule has 0 atom stereocenters. The minimum atomic E-state index is 0.730. The van der Waals surface area contributed by atoms with Crippen LogP contribution in [0.1, 0.15) is 39.5 Å². The number of amidine groups is 1. The van der Waals surface area contributed by atoms with E-state index in [1.165, 1.54) is 25.7 Å². The van der Waals surface area contributed by atoms with E-state index in [1.807, 2.05) is 30.3 Å². The molecule has 0 N–H and O–H groups in total. The molecule has 0 saturated carbocycles. The molecule has 0 aliphatic heterocycles. The van der Waals surface area contributed by atoms with Crippen LogP contribution in [0.25, 0.3) is 0 Å². The van der Waals surface area contributed by atoms with Gasteiger partial charge in [-0.05, 0) is 25.0 Å². The van der Waals surface area contributed by atoms with Crippen LogP contribution in [-0.2, 0) is 4.74 Å². The number of hydrogen-bond donors (Lipinski definition) is 0. The average Bonchev–Trinajstić information content (AvgIpc) is 2.46. The first kappa shape index (κ1) is 15.5. The highest BCUT2D eigenvalue weighted by Gasteiger charge is 2.10. The molecule has 3 nitrogen and oxygen atoms in total. The van der Waals surface area contributed by atoms with Crippen LogP contribution in [0.15, 0.2) is 35.3 Å². The van der Waals surface area contributed by atoms with Crippen molar-refractivity contribution in [1.29, 1.82) is 0 Å². The summed E-state index contributed by atoms with van der Waals surface area (Å²) in [6, 6.07) is 10.7. The van der Waals surface area contributed by atoms with Gasteiger partial charge in [0.2, 0.25) is 0 Å². The van der Waals surface area contributed by atoms with Crippen molar-refractivity contribution in [3.8, 4) is 0 Å². The van der Waals surface area contributed by atoms with E-state index in [4.69, 9.17) is 4.74 Å². The van der Waals surface area contributed by atoms with Crippen molar-refractivity contribution in [1.82, 2.24) is 4.90 Å². The van der Waals surface area contributed by atoms with Gasteiger partial charge in [0.25, 0.3) is 6.02 Å². The zero-order valence-corrected chi connectivity index (χ0v) is 12.4. The molecule has 0 fully saturated rings. The van der Waals surface area contributed by atoms with Gasteiger partial charge >= 0.3 is 0 Å². The van der Waals surface area contributed by atoms with E-state index in [0.717, 1.165) is 24.8 Å². The van der Waals surface area contributed by atoms with E-state index >= 15 is 0 Å². The molecule has 1 rings (SSSR count). The Labute approximate surface area is 117 Å². The summed E-state index contributed by atoms with van der Waals surface area (Å²) in [6.07, 6.45) is 4.71. The first-order valence-electron chi connectivity index (χ1n) is 7.24. The summed E-state index contributed by atoms with van der Waals surface area (Å²) in [5.41, 5.74) is 0.942. The molecule has 0 heterocycles. The van der Waals surface area contributed by atoms with Crippen LogP contribution in [0.2, 0.25) is 0 Å². The maximum atomic E-state index is 5.49. The average molecular weight is 262 g/mol. The number of aliphatic imine (C=N–C) groups is 1. The highest BCUT2D eigenvalue weighted by molar-refractivity contribution is 5.77. The van der Waals surface area contributed by atoms with E-state index < -0.39 is 0 Å². The lowest BCUT2D eigenvalue weighted by Crippen LogP contribution is -2.34. The minimum absolute atomic E-state index is 0.730. The Morgan fingerprint density at radius 3 is 2.11 bits per heavy atom. The Balaban J connectivity index is 2.78. The maximum Gasteiger partial charge on any atom is 0.292 e. The molecule has 19 heavy (non-hydrogen) atoms. The summed E-state index contributed by atoms with van der Waals surface area (Å²) < 4.78 is 5.49. The summed E-state index contributed by atoms with van der Waals surface area (Å²) >= 11 is 0. The van der Waals surface area contributed by atoms with Gasteiger partial charge in [0.1, 0.15) is 0 Å². The molecule has 0 bridgehead atoms. The zero-order valence-electron chi connectivity index (χ0n) is 12.4. The SMILES string of the molecule is CCCCN(CCCC)/C(=N/c1ccccc1)OC. The number of nitrogens with zero attached hydrogens (tertiary/aromatic N) is 2. The molecule has 106 valence electrons. The molecule has 0 aliphatic carbocycles. The Morgan fingerprint density at radius 2 is 1.63 bits per heavy atom. The summed E-state index contributed by atoms with van der Waals surface area (Å²) in [6.45, 7) is 6.43. The van der Waals surface area contributed by atoms with Crippen molar-refractivity contribution in [3.63, 3.8) is 0 Å². The Hall–Kier alpha value is -1.51. The van der Waals surface area contributed by atoms with Crippen LogP contribution in [-0.4, -0.2) is 31.1 Å². The number of ether oxygens (including phenoxy) is 1. The maximum absolute atomic E-state index is 5.49. The van der Waals surface area contributed by atoms with Gasteiger partial charge in [0.05, 0.1) is 12.8 Å². The van der Waals surface area contributed by atoms with Crippen molar-refractivity contribution < 1.29 is 4.74 Å². The molecule has 1 aromatic rings. The fourth-order valence-corrected chi connectivity index (χ4v) is 1.86. The summed E-state index contributed by atoms with van der Waals surface area (Å²) in [7, 11) is 1.70. The van der Waals surface area contributed by atoms with Crippen LogP contribution < -0.4 is 0 Å². The largest absolute Gasteiger partial charge is 0.468 e. The molecule has 1 aromatic carbocycles. The standard InChI is InChI=1S/C16H26N2O/c1-4-6-13-18(14-7-5-2)16(19-3)17-15-11-9-8-10-12-15/h8-12H,4-7,13-14H2,1-3H3/b17-16-. The van der Waals surface area contributed by atoms with Gasteiger partial charge in [0, 0.05) is 13.1 Å². The second kappa shape index (κ2) is 9.42. The van der Waals surface area contributed by atoms with E-state index in [-0.39, 0.29) is 0 Å². The molecular weight excluding hydrogens is 236 g/mol. The van der Waals surface area contributed by atoms with Gasteiger partial charge in [0.15, 0.2) is 0 Å². The zero-order chi connectivity index (χ0) is 13.9. The molecule has 3 heteroatoms. The normalized spacial score (nSPS) is 11.4. The lowest BCUT2D eigenvalue weighted by Gasteiger charge is -2.24. The van der Waals surface area contributed by atoms with Crippen molar-refractivity contribution in [2.24, 2.45) is 4.99 Å². The first-order chi connectivity index (χ1) is 9.31. The van der Waals surface area contributed by atoms with Gasteiger partial charge in [-0.15, -0.1) is 0 Å². The number of para-hydroxylation sites is 1. The lowest BCUT2D eigenvalue weighted by atomic mass is 10.3. The molecule has 0 amide bonds. The van der Waals surface area contributed by atoms with Gasteiger partial charge in [-0.2, -0.15) is 4.99 Å². The van der Waals surface area contributed by atoms with E-state index in [0.29, 0.717) is 0 Å². The molecule has 0 unspecified atom stereocenters. The Morgan fingerprint density at radius 1 is 1.05 bits per heavy atom. The van der Waals surface area contributed by atoms with Gasteiger partial charge < -0.3 is 9.64 Å². The molecule has 0 aliphatic rings. The highest BCUT2D eigenvalue weighted by Crippen LogP contribution is 2.12. The van der Waals surface area contributed by atoms with Gasteiger partial charge in [-0.25, -0.2) is 0 Å². The fraction of sp³-hybridized carbons (Fsp3) is 0.562. The predicted octanol–water partition coefficient (Wildman–Crippen LogP) is 4.22. The highest BCUT2D eigenvalue weighted by atomic mass is 16.5. The topological polar surface area (TPSA) is 24.8 Å². The number of methoxy groups -OCH3 is 1. The molecular formula is C16H26N2O. The molecule has 0 spiro atoms. The third-order valence-corrected chi connectivity index (χ3v) is 3.00. The first-order valence-corrected chi connectivity index (χ1v) is 7.24. The predicted molar refractivity (Wildman–Crippen MR) is 81.9 cm³/mol. The van der Waals surface area contributed by atoms with Crippen LogP contribution in [0.4, 0.5) is 5.69 Å². The molecule has 0 saturated heterocycles. The monoisotopic (exact) mass is 262 g/mol. The summed E-state index contributed by atoms with van der Waals surface area (Å²) in [5, 5.41) is 0. The second-order valence-corrected chi connectivity index (χ2v) is 4.63. The van der Waals surface area contributed by atoms with E-state index in [9.17, 15) is 0 Å². The van der Waals surface area contributed by atoms with Gasteiger partial charge in [-0.3, -0.25) is 0 Å². The Kier molecular flexibility index (Phi) is 7.71. The van der Waals surface area contributed by atoms with Gasteiger partial charge in [-0.1, -0.05) is 44.9 Å². The smallest absolute Gasteiger partial charge is 0.292 e. The van der Waals surface area contributed by atoms with Crippen LogP contribution in [0.5, 0.6) is 0 Å². The molecule has 0 radical (unpaired) electrons. The molecule has 0 aromatic heterocycles. The number of benzene rings is 1. The van der Waals surface area contributed by atoms with E-state index in [1.54, 1.807) is 7.11 Å². The van der Waals surface area contributed by atoms with Crippen molar-refractivity contribution >= 4 is 11.7 Å². The number of unbranched alkanes of at least 4 members (excludes halogenated alkanes) is 2. The third-order valence-electron chi connectivity index (χ3n) is 3.00. The fourth-order valence-electron chi connectivity index (χ4n) is 1.86.